The summed E-state index contributed by atoms with van der Waals surface area (Å²) >= 11 is 0. The maximum absolute atomic E-state index is 12.6. The average Bonchev–Trinajstić information content (AvgIpc) is 2.29. The molecule has 4 heteroatoms. The third-order valence-corrected chi connectivity index (χ3v) is 4.89. The minimum Gasteiger partial charge on any atom is -0.481 e. The fraction of sp³-hybridized carbons (Fsp3) is 0.867. The Morgan fingerprint density at radius 2 is 1.89 bits per heavy atom. The molecule has 0 aromatic rings. The third-order valence-electron chi connectivity index (χ3n) is 4.89. The molecule has 0 aromatic heterocycles. The van der Waals surface area contributed by atoms with E-state index in [2.05, 4.69) is 13.8 Å². The van der Waals surface area contributed by atoms with Gasteiger partial charge >= 0.3 is 5.97 Å². The highest BCUT2D eigenvalue weighted by atomic mass is 16.4. The summed E-state index contributed by atoms with van der Waals surface area (Å²) in [6.07, 6.45) is 5.76. The maximum Gasteiger partial charge on any atom is 0.307 e. The zero-order chi connectivity index (χ0) is 14.0. The number of carbonyl (C=O) groups is 2. The number of hydrogen-bond donors (Lipinski definition) is 1. The molecule has 2 aliphatic rings. The van der Waals surface area contributed by atoms with Crippen molar-refractivity contribution in [2.45, 2.75) is 58.4 Å². The van der Waals surface area contributed by atoms with Gasteiger partial charge < -0.3 is 10.0 Å². The van der Waals surface area contributed by atoms with Crippen molar-refractivity contribution >= 4 is 11.9 Å². The van der Waals surface area contributed by atoms with Crippen LogP contribution in [0.2, 0.25) is 0 Å². The van der Waals surface area contributed by atoms with Crippen LogP contribution in [0, 0.1) is 17.8 Å². The van der Waals surface area contributed by atoms with E-state index in [1.807, 2.05) is 4.90 Å². The number of aliphatic carboxylic acids is 1. The van der Waals surface area contributed by atoms with Crippen molar-refractivity contribution in [3.63, 3.8) is 0 Å². The highest BCUT2D eigenvalue weighted by Crippen LogP contribution is 2.38. The first-order valence-corrected chi connectivity index (χ1v) is 7.59. The molecular formula is C15H25NO3. The van der Waals surface area contributed by atoms with Gasteiger partial charge in [0, 0.05) is 12.6 Å². The normalized spacial score (nSPS) is 34.7. The van der Waals surface area contributed by atoms with Crippen LogP contribution in [0.4, 0.5) is 0 Å². The summed E-state index contributed by atoms with van der Waals surface area (Å²) < 4.78 is 0. The molecule has 1 amide bonds. The number of piperidine rings is 1. The van der Waals surface area contributed by atoms with Crippen molar-refractivity contribution in [2.75, 3.05) is 6.54 Å². The van der Waals surface area contributed by atoms with E-state index in [0.717, 1.165) is 32.2 Å². The lowest BCUT2D eigenvalue weighted by atomic mass is 9.72. The van der Waals surface area contributed by atoms with Gasteiger partial charge in [-0.05, 0) is 38.0 Å². The summed E-state index contributed by atoms with van der Waals surface area (Å²) in [6.45, 7) is 5.18. The molecule has 1 heterocycles. The van der Waals surface area contributed by atoms with Gasteiger partial charge in [-0.3, -0.25) is 9.59 Å². The number of carboxylic acids is 1. The number of amides is 1. The van der Waals surface area contributed by atoms with E-state index in [9.17, 15) is 9.59 Å². The number of rotatable bonds is 4. The first-order chi connectivity index (χ1) is 9.06. The first-order valence-electron chi connectivity index (χ1n) is 7.59. The zero-order valence-corrected chi connectivity index (χ0v) is 12.0. The summed E-state index contributed by atoms with van der Waals surface area (Å²) in [7, 11) is 0. The summed E-state index contributed by atoms with van der Waals surface area (Å²) in [5, 5.41) is 9.10. The molecule has 1 saturated heterocycles. The Labute approximate surface area is 115 Å². The number of carbonyl (C=O) groups excluding carboxylic acids is 1. The lowest BCUT2D eigenvalue weighted by Crippen LogP contribution is -2.53. The molecule has 1 aliphatic carbocycles. The van der Waals surface area contributed by atoms with Crippen LogP contribution in [0.15, 0.2) is 0 Å². The number of hydrogen-bond acceptors (Lipinski definition) is 2. The number of carboxylic acid groups (broad SMARTS) is 1. The van der Waals surface area contributed by atoms with Gasteiger partial charge in [0.25, 0.3) is 0 Å². The van der Waals surface area contributed by atoms with Crippen LogP contribution < -0.4 is 0 Å². The van der Waals surface area contributed by atoms with Crippen LogP contribution in [0.1, 0.15) is 52.4 Å². The second kappa shape index (κ2) is 5.93. The van der Waals surface area contributed by atoms with E-state index in [0.29, 0.717) is 18.4 Å². The zero-order valence-electron chi connectivity index (χ0n) is 12.0. The van der Waals surface area contributed by atoms with E-state index >= 15 is 0 Å². The van der Waals surface area contributed by atoms with Crippen LogP contribution in [-0.4, -0.2) is 34.5 Å². The average molecular weight is 267 g/mol. The largest absolute Gasteiger partial charge is 0.481 e. The minimum atomic E-state index is -0.804. The molecule has 2 fully saturated rings. The van der Waals surface area contributed by atoms with E-state index < -0.39 is 11.9 Å². The molecule has 1 N–H and O–H groups in total. The van der Waals surface area contributed by atoms with Crippen molar-refractivity contribution in [3.05, 3.63) is 0 Å². The van der Waals surface area contributed by atoms with Crippen LogP contribution in [0.5, 0.6) is 0 Å². The molecule has 4 nitrogen and oxygen atoms in total. The Balaban J connectivity index is 2.05. The summed E-state index contributed by atoms with van der Waals surface area (Å²) in [5.74, 6) is -0.861. The highest BCUT2D eigenvalue weighted by Gasteiger charge is 2.45. The van der Waals surface area contributed by atoms with Gasteiger partial charge in [0.1, 0.15) is 0 Å². The van der Waals surface area contributed by atoms with Crippen molar-refractivity contribution < 1.29 is 14.7 Å². The molecular weight excluding hydrogens is 242 g/mol. The van der Waals surface area contributed by atoms with E-state index in [4.69, 9.17) is 5.11 Å². The SMILES string of the molecule is CCCC1C(C)CCCN1C(=O)C1CCC1C(=O)O. The molecule has 2 rings (SSSR count). The smallest absolute Gasteiger partial charge is 0.307 e. The van der Waals surface area contributed by atoms with Gasteiger partial charge in [0.15, 0.2) is 0 Å². The lowest BCUT2D eigenvalue weighted by Gasteiger charge is -2.44. The molecule has 19 heavy (non-hydrogen) atoms. The van der Waals surface area contributed by atoms with Gasteiger partial charge in [-0.2, -0.15) is 0 Å². The second-order valence-electron chi connectivity index (χ2n) is 6.14. The Morgan fingerprint density at radius 1 is 1.21 bits per heavy atom. The molecule has 108 valence electrons. The Kier molecular flexibility index (Phi) is 4.48. The van der Waals surface area contributed by atoms with Crippen LogP contribution in [0.3, 0.4) is 0 Å². The van der Waals surface area contributed by atoms with Gasteiger partial charge in [-0.15, -0.1) is 0 Å². The highest BCUT2D eigenvalue weighted by molar-refractivity contribution is 5.86. The Morgan fingerprint density at radius 3 is 2.42 bits per heavy atom. The van der Waals surface area contributed by atoms with Crippen molar-refractivity contribution in [2.24, 2.45) is 17.8 Å². The lowest BCUT2D eigenvalue weighted by molar-refractivity contribution is -0.159. The molecule has 1 aliphatic heterocycles. The van der Waals surface area contributed by atoms with E-state index in [1.165, 1.54) is 6.42 Å². The third kappa shape index (κ3) is 2.77. The molecule has 0 spiro atoms. The standard InChI is InChI=1S/C15H25NO3/c1-3-5-13-10(2)6-4-9-16(13)14(17)11-7-8-12(11)15(18)19/h10-13H,3-9H2,1-2H3,(H,18,19). The van der Waals surface area contributed by atoms with Crippen molar-refractivity contribution in [1.82, 2.24) is 4.90 Å². The predicted molar refractivity (Wildman–Crippen MR) is 72.7 cm³/mol. The van der Waals surface area contributed by atoms with Crippen LogP contribution in [-0.2, 0) is 9.59 Å². The Hall–Kier alpha value is -1.06. The second-order valence-corrected chi connectivity index (χ2v) is 6.14. The van der Waals surface area contributed by atoms with Gasteiger partial charge in [0.05, 0.1) is 11.8 Å². The number of likely N-dealkylation sites (tertiary alicyclic amines) is 1. The van der Waals surface area contributed by atoms with Crippen molar-refractivity contribution in [1.29, 1.82) is 0 Å². The van der Waals surface area contributed by atoms with E-state index in [-0.39, 0.29) is 11.8 Å². The van der Waals surface area contributed by atoms with Gasteiger partial charge in [-0.1, -0.05) is 20.3 Å². The van der Waals surface area contributed by atoms with Gasteiger partial charge in [0.2, 0.25) is 5.91 Å². The maximum atomic E-state index is 12.6. The molecule has 4 atom stereocenters. The molecule has 0 aromatic carbocycles. The number of nitrogens with zero attached hydrogens (tertiary/aromatic N) is 1. The fourth-order valence-corrected chi connectivity index (χ4v) is 3.56. The predicted octanol–water partition coefficient (Wildman–Crippen LogP) is 2.52. The molecule has 4 unspecified atom stereocenters. The van der Waals surface area contributed by atoms with Crippen molar-refractivity contribution in [3.8, 4) is 0 Å². The van der Waals surface area contributed by atoms with Crippen LogP contribution in [0.25, 0.3) is 0 Å². The fourth-order valence-electron chi connectivity index (χ4n) is 3.56. The van der Waals surface area contributed by atoms with E-state index in [1.54, 1.807) is 0 Å². The summed E-state index contributed by atoms with van der Waals surface area (Å²) in [4.78, 5) is 25.7. The minimum absolute atomic E-state index is 0.101. The summed E-state index contributed by atoms with van der Waals surface area (Å²) in [6, 6.07) is 0.321. The first kappa shape index (κ1) is 14.4. The quantitative estimate of drug-likeness (QED) is 0.851. The molecule has 0 bridgehead atoms. The topological polar surface area (TPSA) is 57.6 Å². The monoisotopic (exact) mass is 267 g/mol. The van der Waals surface area contributed by atoms with Crippen LogP contribution >= 0.6 is 0 Å². The van der Waals surface area contributed by atoms with Gasteiger partial charge in [-0.25, -0.2) is 0 Å². The molecule has 0 radical (unpaired) electrons. The molecule has 1 saturated carbocycles. The Bertz CT molecular complexity index is 355. The summed E-state index contributed by atoms with van der Waals surface area (Å²) in [5.41, 5.74) is 0.